The lowest BCUT2D eigenvalue weighted by Gasteiger charge is -2.26. The van der Waals surface area contributed by atoms with Gasteiger partial charge in [0.25, 0.3) is 0 Å². The summed E-state index contributed by atoms with van der Waals surface area (Å²) in [6, 6.07) is 7.74. The number of carbonyl (C=O) groups is 2. The largest absolute Gasteiger partial charge is 0.492 e. The van der Waals surface area contributed by atoms with E-state index >= 15 is 0 Å². The van der Waals surface area contributed by atoms with Gasteiger partial charge in [-0.1, -0.05) is 25.5 Å². The van der Waals surface area contributed by atoms with Crippen molar-refractivity contribution in [1.29, 1.82) is 0 Å². The van der Waals surface area contributed by atoms with Crippen molar-refractivity contribution in [2.45, 2.75) is 59.0 Å². The van der Waals surface area contributed by atoms with Crippen LogP contribution in [0.2, 0.25) is 0 Å². The molecule has 31 heavy (non-hydrogen) atoms. The highest BCUT2D eigenvalue weighted by atomic mass is 16.6. The Labute approximate surface area is 186 Å². The number of unbranched alkanes of at least 4 members (excludes halogenated alkanes) is 1. The van der Waals surface area contributed by atoms with Crippen LogP contribution in [-0.4, -0.2) is 55.4 Å². The number of hydrogen-bond acceptors (Lipinski definition) is 6. The average molecular weight is 435 g/mol. The number of hydrogen-bond donors (Lipinski definition) is 1. The van der Waals surface area contributed by atoms with Crippen molar-refractivity contribution in [3.8, 4) is 5.75 Å². The number of carbonyl (C=O) groups excluding carboxylic acids is 2. The van der Waals surface area contributed by atoms with E-state index in [1.54, 1.807) is 4.90 Å². The maximum Gasteiger partial charge on any atom is 0.410 e. The van der Waals surface area contributed by atoms with E-state index in [0.717, 1.165) is 30.6 Å². The summed E-state index contributed by atoms with van der Waals surface area (Å²) in [4.78, 5) is 27.1. The smallest absolute Gasteiger partial charge is 0.410 e. The first-order valence-electron chi connectivity index (χ1n) is 11.3. The zero-order valence-electron chi connectivity index (χ0n) is 19.4. The molecule has 0 saturated carbocycles. The molecule has 1 aliphatic heterocycles. The molecule has 0 aliphatic carbocycles. The van der Waals surface area contributed by atoms with E-state index in [1.807, 2.05) is 45.0 Å². The first-order chi connectivity index (χ1) is 14.7. The van der Waals surface area contributed by atoms with Crippen molar-refractivity contribution < 1.29 is 23.8 Å². The summed E-state index contributed by atoms with van der Waals surface area (Å²) in [7, 11) is 0. The van der Waals surface area contributed by atoms with Crippen LogP contribution in [0, 0.1) is 11.8 Å². The SMILES string of the molecule is CCCCOC(=O)[C@@H](Cc1cccc(OCCN)c1)[C@H]1CCN(C(=O)OC(C)(C)C)C1. The van der Waals surface area contributed by atoms with Crippen LogP contribution in [0.25, 0.3) is 0 Å². The Morgan fingerprint density at radius 3 is 2.71 bits per heavy atom. The summed E-state index contributed by atoms with van der Waals surface area (Å²) in [6.07, 6.45) is 2.77. The molecule has 1 aromatic carbocycles. The molecule has 2 rings (SSSR count). The van der Waals surface area contributed by atoms with Crippen LogP contribution in [0.1, 0.15) is 52.5 Å². The first-order valence-corrected chi connectivity index (χ1v) is 11.3. The third-order valence-electron chi connectivity index (χ3n) is 5.23. The molecule has 1 fully saturated rings. The Kier molecular flexibility index (Phi) is 9.62. The van der Waals surface area contributed by atoms with Gasteiger partial charge in [-0.25, -0.2) is 4.79 Å². The molecule has 1 aromatic rings. The van der Waals surface area contributed by atoms with E-state index in [4.69, 9.17) is 19.9 Å². The summed E-state index contributed by atoms with van der Waals surface area (Å²) in [5, 5.41) is 0. The van der Waals surface area contributed by atoms with Gasteiger partial charge in [-0.2, -0.15) is 0 Å². The molecule has 0 unspecified atom stereocenters. The molecule has 174 valence electrons. The third-order valence-corrected chi connectivity index (χ3v) is 5.23. The second-order valence-electron chi connectivity index (χ2n) is 9.09. The topological polar surface area (TPSA) is 91.1 Å². The van der Waals surface area contributed by atoms with E-state index in [9.17, 15) is 9.59 Å². The monoisotopic (exact) mass is 434 g/mol. The molecule has 7 nitrogen and oxygen atoms in total. The molecule has 0 spiro atoms. The quantitative estimate of drug-likeness (QED) is 0.445. The van der Waals surface area contributed by atoms with Crippen molar-refractivity contribution in [1.82, 2.24) is 4.90 Å². The maximum atomic E-state index is 13.0. The number of likely N-dealkylation sites (tertiary alicyclic amines) is 1. The lowest BCUT2D eigenvalue weighted by Crippen LogP contribution is -2.37. The third kappa shape index (κ3) is 8.40. The molecule has 1 heterocycles. The fraction of sp³-hybridized carbons (Fsp3) is 0.667. The van der Waals surface area contributed by atoms with Crippen LogP contribution in [-0.2, 0) is 20.7 Å². The lowest BCUT2D eigenvalue weighted by molar-refractivity contribution is -0.150. The van der Waals surface area contributed by atoms with Crippen LogP contribution in [0.15, 0.2) is 24.3 Å². The Balaban J connectivity index is 2.10. The van der Waals surface area contributed by atoms with Gasteiger partial charge < -0.3 is 24.8 Å². The molecule has 0 radical (unpaired) electrons. The molecule has 0 aromatic heterocycles. The summed E-state index contributed by atoms with van der Waals surface area (Å²) in [5.74, 6) is 0.241. The van der Waals surface area contributed by atoms with Gasteiger partial charge in [0.1, 0.15) is 18.0 Å². The predicted octanol–water partition coefficient (Wildman–Crippen LogP) is 3.78. The second kappa shape index (κ2) is 11.9. The molecule has 2 atom stereocenters. The van der Waals surface area contributed by atoms with Gasteiger partial charge in [0, 0.05) is 19.6 Å². The summed E-state index contributed by atoms with van der Waals surface area (Å²) in [6.45, 7) is 10.0. The van der Waals surface area contributed by atoms with Crippen molar-refractivity contribution in [2.75, 3.05) is 32.8 Å². The molecular formula is C24H38N2O5. The lowest BCUT2D eigenvalue weighted by atomic mass is 9.86. The van der Waals surface area contributed by atoms with Crippen molar-refractivity contribution >= 4 is 12.1 Å². The van der Waals surface area contributed by atoms with Gasteiger partial charge >= 0.3 is 12.1 Å². The minimum absolute atomic E-state index is 0.0234. The predicted molar refractivity (Wildman–Crippen MR) is 120 cm³/mol. The van der Waals surface area contributed by atoms with E-state index in [2.05, 4.69) is 6.92 Å². The number of amides is 1. The average Bonchev–Trinajstić information content (AvgIpc) is 3.20. The Hall–Kier alpha value is -2.28. The van der Waals surface area contributed by atoms with Gasteiger partial charge in [-0.3, -0.25) is 4.79 Å². The molecule has 7 heteroatoms. The standard InChI is InChI=1S/C24H38N2O5/c1-5-6-13-30-22(27)21(16-18-8-7-9-20(15-18)29-14-11-25)19-10-12-26(17-19)23(28)31-24(2,3)4/h7-9,15,19,21H,5-6,10-14,16-17,25H2,1-4H3/t19-,21-/m0/s1. The van der Waals surface area contributed by atoms with Crippen molar-refractivity contribution in [3.63, 3.8) is 0 Å². The fourth-order valence-corrected chi connectivity index (χ4v) is 3.67. The fourth-order valence-electron chi connectivity index (χ4n) is 3.67. The number of nitrogens with two attached hydrogens (primary N) is 1. The molecule has 1 saturated heterocycles. The van der Waals surface area contributed by atoms with Crippen LogP contribution in [0.5, 0.6) is 5.75 Å². The minimum atomic E-state index is -0.544. The Bertz CT molecular complexity index is 716. The highest BCUT2D eigenvalue weighted by Gasteiger charge is 2.38. The highest BCUT2D eigenvalue weighted by molar-refractivity contribution is 5.74. The van der Waals surface area contributed by atoms with E-state index in [1.165, 1.54) is 0 Å². The van der Waals surface area contributed by atoms with Crippen LogP contribution < -0.4 is 10.5 Å². The van der Waals surface area contributed by atoms with Gasteiger partial charge in [0.15, 0.2) is 0 Å². The van der Waals surface area contributed by atoms with Crippen molar-refractivity contribution in [2.24, 2.45) is 17.6 Å². The number of esters is 1. The molecule has 1 amide bonds. The number of benzene rings is 1. The zero-order chi connectivity index (χ0) is 22.9. The van der Waals surface area contributed by atoms with Crippen molar-refractivity contribution in [3.05, 3.63) is 29.8 Å². The van der Waals surface area contributed by atoms with Crippen LogP contribution in [0.3, 0.4) is 0 Å². The van der Waals surface area contributed by atoms with E-state index in [0.29, 0.717) is 39.3 Å². The molecule has 1 aliphatic rings. The number of rotatable bonds is 10. The van der Waals surface area contributed by atoms with Gasteiger partial charge in [0.2, 0.25) is 0 Å². The minimum Gasteiger partial charge on any atom is -0.492 e. The second-order valence-corrected chi connectivity index (χ2v) is 9.09. The van der Waals surface area contributed by atoms with Gasteiger partial charge in [0.05, 0.1) is 12.5 Å². The van der Waals surface area contributed by atoms with E-state index in [-0.39, 0.29) is 23.9 Å². The number of nitrogens with zero attached hydrogens (tertiary/aromatic N) is 1. The molecule has 0 bridgehead atoms. The Morgan fingerprint density at radius 2 is 2.03 bits per heavy atom. The molecular weight excluding hydrogens is 396 g/mol. The first kappa shape index (κ1) is 25.0. The normalized spacial score (nSPS) is 17.3. The van der Waals surface area contributed by atoms with Gasteiger partial charge in [-0.15, -0.1) is 0 Å². The summed E-state index contributed by atoms with van der Waals surface area (Å²) >= 11 is 0. The van der Waals surface area contributed by atoms with Crippen LogP contribution >= 0.6 is 0 Å². The molecule has 2 N–H and O–H groups in total. The van der Waals surface area contributed by atoms with Crippen LogP contribution in [0.4, 0.5) is 4.79 Å². The van der Waals surface area contributed by atoms with E-state index < -0.39 is 5.60 Å². The highest BCUT2D eigenvalue weighted by Crippen LogP contribution is 2.30. The number of ether oxygens (including phenoxy) is 3. The summed E-state index contributed by atoms with van der Waals surface area (Å²) < 4.78 is 16.7. The zero-order valence-corrected chi connectivity index (χ0v) is 19.4. The maximum absolute atomic E-state index is 13.0. The Morgan fingerprint density at radius 1 is 1.26 bits per heavy atom. The van der Waals surface area contributed by atoms with Gasteiger partial charge in [-0.05, 0) is 63.6 Å². The summed E-state index contributed by atoms with van der Waals surface area (Å²) in [5.41, 5.74) is 5.98.